The van der Waals surface area contributed by atoms with Gasteiger partial charge in [0.15, 0.2) is 0 Å². The van der Waals surface area contributed by atoms with E-state index in [0.717, 1.165) is 11.1 Å². The van der Waals surface area contributed by atoms with Crippen molar-refractivity contribution in [2.24, 2.45) is 0 Å². The van der Waals surface area contributed by atoms with E-state index in [1.54, 1.807) is 27.2 Å². The number of nitrogens with zero attached hydrogens (tertiary/aromatic N) is 7. The maximum atomic E-state index is 14.7. The topological polar surface area (TPSA) is 94.6 Å². The van der Waals surface area contributed by atoms with Gasteiger partial charge in [0.25, 0.3) is 5.92 Å². The predicted molar refractivity (Wildman–Crippen MR) is 125 cm³/mol. The second kappa shape index (κ2) is 8.59. The number of halogens is 3. The maximum absolute atomic E-state index is 14.7. The molecule has 2 fully saturated rings. The molecule has 3 aromatic heterocycles. The molecule has 10 nitrogen and oxygen atoms in total. The molecule has 2 aliphatic rings. The first-order valence-corrected chi connectivity index (χ1v) is 11.7. The number of hydrogen-bond donors (Lipinski definition) is 1. The molecule has 5 heterocycles. The highest BCUT2D eigenvalue weighted by Gasteiger charge is 2.51. The van der Waals surface area contributed by atoms with Crippen LogP contribution in [0.15, 0.2) is 30.5 Å². The molecule has 4 aromatic rings. The third kappa shape index (κ3) is 3.73. The standard InChI is InChI=1S/C23H25F3N8O2/c1-13(8-24)34-18-7-14(3-4-17(18)29-31-34)16-5-6-33-20(16)21(35-2)28-22(30-33)27-19-9-32(12-23(19,25)26)15-10-36-11-15/h3-7,13,15,19H,8-12H2,1-2H3,(H,27,30)/t13-,19+/m0/s1. The third-order valence-corrected chi connectivity index (χ3v) is 6.88. The summed E-state index contributed by atoms with van der Waals surface area (Å²) in [4.78, 5) is 6.14. The van der Waals surface area contributed by atoms with Gasteiger partial charge in [0.1, 0.15) is 23.7 Å². The van der Waals surface area contributed by atoms with Gasteiger partial charge in [-0.25, -0.2) is 22.4 Å². The molecule has 1 aromatic carbocycles. The zero-order chi connectivity index (χ0) is 25.0. The van der Waals surface area contributed by atoms with Crippen LogP contribution in [-0.2, 0) is 4.74 Å². The van der Waals surface area contributed by atoms with E-state index < -0.39 is 24.7 Å². The van der Waals surface area contributed by atoms with Gasteiger partial charge in [-0.2, -0.15) is 4.98 Å². The second-order valence-corrected chi connectivity index (χ2v) is 9.29. The fourth-order valence-electron chi connectivity index (χ4n) is 4.76. The normalized spacial score (nSPS) is 21.2. The van der Waals surface area contributed by atoms with Crippen LogP contribution in [0.1, 0.15) is 13.0 Å². The van der Waals surface area contributed by atoms with Gasteiger partial charge in [0, 0.05) is 18.3 Å². The van der Waals surface area contributed by atoms with Gasteiger partial charge in [-0.15, -0.1) is 10.2 Å². The fraction of sp³-hybridized carbons (Fsp3) is 0.478. The van der Waals surface area contributed by atoms with Crippen molar-refractivity contribution < 1.29 is 22.6 Å². The molecule has 0 radical (unpaired) electrons. The number of hydrogen-bond acceptors (Lipinski definition) is 8. The van der Waals surface area contributed by atoms with Crippen LogP contribution in [-0.4, -0.2) is 92.6 Å². The molecule has 0 bridgehead atoms. The average Bonchev–Trinajstić information content (AvgIpc) is 3.52. The number of methoxy groups -OCH3 is 1. The molecule has 36 heavy (non-hydrogen) atoms. The molecular weight excluding hydrogens is 477 g/mol. The molecule has 2 saturated heterocycles. The number of fused-ring (bicyclic) bond motifs is 2. The van der Waals surface area contributed by atoms with Crippen molar-refractivity contribution in [3.05, 3.63) is 30.5 Å². The number of rotatable bonds is 7. The monoisotopic (exact) mass is 502 g/mol. The Morgan fingerprint density at radius 1 is 1.28 bits per heavy atom. The van der Waals surface area contributed by atoms with E-state index in [1.807, 2.05) is 24.3 Å². The van der Waals surface area contributed by atoms with E-state index in [0.29, 0.717) is 29.8 Å². The van der Waals surface area contributed by atoms with Crippen molar-refractivity contribution in [3.8, 4) is 17.0 Å². The van der Waals surface area contributed by atoms with E-state index in [2.05, 4.69) is 25.7 Å². The van der Waals surface area contributed by atoms with Gasteiger partial charge in [-0.3, -0.25) is 4.90 Å². The Morgan fingerprint density at radius 2 is 2.11 bits per heavy atom. The SMILES string of the molecule is COc1nc(N[C@@H]2CN(C3COC3)CC2(F)F)nn2ccc(-c3ccc4nnn([C@@H](C)CF)c4c3)c12. The second-order valence-electron chi connectivity index (χ2n) is 9.29. The Labute approximate surface area is 204 Å². The molecule has 2 atom stereocenters. The molecule has 0 amide bonds. The van der Waals surface area contributed by atoms with Crippen molar-refractivity contribution in [3.63, 3.8) is 0 Å². The number of aromatic nitrogens is 6. The summed E-state index contributed by atoms with van der Waals surface area (Å²) in [6.07, 6.45) is 1.72. The highest BCUT2D eigenvalue weighted by Crippen LogP contribution is 2.35. The Kier molecular flexibility index (Phi) is 5.48. The smallest absolute Gasteiger partial charge is 0.281 e. The lowest BCUT2D eigenvalue weighted by atomic mass is 10.1. The van der Waals surface area contributed by atoms with Crippen molar-refractivity contribution in [2.75, 3.05) is 45.4 Å². The summed E-state index contributed by atoms with van der Waals surface area (Å²) < 4.78 is 56.5. The summed E-state index contributed by atoms with van der Waals surface area (Å²) in [5.41, 5.74) is 3.50. The van der Waals surface area contributed by atoms with Gasteiger partial charge in [0.2, 0.25) is 11.8 Å². The van der Waals surface area contributed by atoms with Gasteiger partial charge in [-0.05, 0) is 30.7 Å². The van der Waals surface area contributed by atoms with E-state index in [1.165, 1.54) is 7.11 Å². The molecule has 190 valence electrons. The Bertz CT molecular complexity index is 1420. The largest absolute Gasteiger partial charge is 0.479 e. The number of benzene rings is 1. The fourth-order valence-corrected chi connectivity index (χ4v) is 4.76. The van der Waals surface area contributed by atoms with Crippen LogP contribution in [0, 0.1) is 0 Å². The summed E-state index contributed by atoms with van der Waals surface area (Å²) in [5.74, 6) is -2.65. The van der Waals surface area contributed by atoms with Crippen LogP contribution in [0.5, 0.6) is 5.88 Å². The molecule has 0 aliphatic carbocycles. The van der Waals surface area contributed by atoms with E-state index >= 15 is 0 Å². The molecule has 2 aliphatic heterocycles. The summed E-state index contributed by atoms with van der Waals surface area (Å²) in [6, 6.07) is 5.83. The molecule has 13 heteroatoms. The van der Waals surface area contributed by atoms with Crippen LogP contribution in [0.4, 0.5) is 19.1 Å². The maximum Gasteiger partial charge on any atom is 0.281 e. The van der Waals surface area contributed by atoms with Crippen molar-refractivity contribution in [2.45, 2.75) is 31.0 Å². The van der Waals surface area contributed by atoms with E-state index in [4.69, 9.17) is 9.47 Å². The highest BCUT2D eigenvalue weighted by molar-refractivity contribution is 5.89. The minimum atomic E-state index is -2.94. The van der Waals surface area contributed by atoms with Gasteiger partial charge >= 0.3 is 0 Å². The quantitative estimate of drug-likeness (QED) is 0.412. The summed E-state index contributed by atoms with van der Waals surface area (Å²) >= 11 is 0. The molecule has 0 unspecified atom stereocenters. The van der Waals surface area contributed by atoms with Crippen LogP contribution in [0.2, 0.25) is 0 Å². The van der Waals surface area contributed by atoms with Gasteiger partial charge < -0.3 is 14.8 Å². The Morgan fingerprint density at radius 3 is 2.83 bits per heavy atom. The summed E-state index contributed by atoms with van der Waals surface area (Å²) in [6.45, 7) is 1.94. The van der Waals surface area contributed by atoms with Crippen molar-refractivity contribution in [1.82, 2.24) is 34.5 Å². The third-order valence-electron chi connectivity index (χ3n) is 6.88. The lowest BCUT2D eigenvalue weighted by Gasteiger charge is -2.34. The summed E-state index contributed by atoms with van der Waals surface area (Å²) in [7, 11) is 1.47. The zero-order valence-electron chi connectivity index (χ0n) is 19.7. The van der Waals surface area contributed by atoms with Crippen LogP contribution < -0.4 is 10.1 Å². The van der Waals surface area contributed by atoms with E-state index in [-0.39, 0.29) is 31.0 Å². The molecule has 6 rings (SSSR count). The number of ether oxygens (including phenoxy) is 2. The average molecular weight is 503 g/mol. The van der Waals surface area contributed by atoms with Crippen LogP contribution in [0.3, 0.4) is 0 Å². The lowest BCUT2D eigenvalue weighted by molar-refractivity contribution is -0.0711. The number of nitrogens with one attached hydrogen (secondary N) is 1. The number of anilines is 1. The number of alkyl halides is 3. The molecular formula is C23H25F3N8O2. The van der Waals surface area contributed by atoms with Crippen molar-refractivity contribution in [1.29, 1.82) is 0 Å². The molecule has 0 saturated carbocycles. The minimum absolute atomic E-state index is 0.0179. The lowest BCUT2D eigenvalue weighted by Crippen LogP contribution is -2.48. The first-order valence-electron chi connectivity index (χ1n) is 11.7. The molecule has 0 spiro atoms. The predicted octanol–water partition coefficient (Wildman–Crippen LogP) is 2.81. The Balaban J connectivity index is 1.34. The first kappa shape index (κ1) is 23.0. The van der Waals surface area contributed by atoms with Gasteiger partial charge in [-0.1, -0.05) is 11.3 Å². The minimum Gasteiger partial charge on any atom is -0.479 e. The van der Waals surface area contributed by atoms with Gasteiger partial charge in [0.05, 0.1) is 44.5 Å². The molecule has 1 N–H and O–H groups in total. The van der Waals surface area contributed by atoms with Crippen LogP contribution >= 0.6 is 0 Å². The van der Waals surface area contributed by atoms with Crippen LogP contribution in [0.25, 0.3) is 27.7 Å². The highest BCUT2D eigenvalue weighted by atomic mass is 19.3. The first-order chi connectivity index (χ1) is 17.4. The van der Waals surface area contributed by atoms with E-state index in [9.17, 15) is 13.2 Å². The zero-order valence-corrected chi connectivity index (χ0v) is 19.7. The number of likely N-dealkylation sites (tertiary alicyclic amines) is 1. The summed E-state index contributed by atoms with van der Waals surface area (Å²) in [5, 5.41) is 15.4. The Hall–Kier alpha value is -3.45. The van der Waals surface area contributed by atoms with Crippen molar-refractivity contribution >= 4 is 22.5 Å².